The molecule has 4 aromatic rings. The number of aryl methyl sites for hydroxylation is 1. The zero-order valence-electron chi connectivity index (χ0n) is 18.0. The van der Waals surface area contributed by atoms with E-state index in [2.05, 4.69) is 109 Å². The van der Waals surface area contributed by atoms with E-state index >= 15 is 0 Å². The number of anilines is 3. The topological polar surface area (TPSA) is 3.24 Å². The van der Waals surface area contributed by atoms with Crippen molar-refractivity contribution in [3.8, 4) is 11.1 Å². The average Bonchev–Trinajstić information content (AvgIpc) is 3.44. The highest BCUT2D eigenvalue weighted by atomic mass is 15.1. The lowest BCUT2D eigenvalue weighted by Crippen LogP contribution is -2.10. The summed E-state index contributed by atoms with van der Waals surface area (Å²) in [6, 6.07) is 35.4. The first kappa shape index (κ1) is 18.4. The van der Waals surface area contributed by atoms with Crippen molar-refractivity contribution in [2.45, 2.75) is 38.0 Å². The molecule has 2 aliphatic rings. The van der Waals surface area contributed by atoms with Crippen molar-refractivity contribution in [1.29, 1.82) is 0 Å². The van der Waals surface area contributed by atoms with Gasteiger partial charge in [0.05, 0.1) is 0 Å². The van der Waals surface area contributed by atoms with Crippen LogP contribution in [0.25, 0.3) is 11.1 Å². The summed E-state index contributed by atoms with van der Waals surface area (Å²) in [7, 11) is 0. The summed E-state index contributed by atoms with van der Waals surface area (Å²) in [5, 5.41) is 0. The van der Waals surface area contributed by atoms with Gasteiger partial charge >= 0.3 is 0 Å². The van der Waals surface area contributed by atoms with Crippen molar-refractivity contribution in [3.63, 3.8) is 0 Å². The fourth-order valence-corrected chi connectivity index (χ4v) is 5.68. The van der Waals surface area contributed by atoms with Crippen LogP contribution in [-0.2, 0) is 0 Å². The number of benzene rings is 4. The highest BCUT2D eigenvalue weighted by molar-refractivity contribution is 5.81. The SMILES string of the molecule is Cc1ccc(N(c2ccccc2)c2ccccc2)cc1-c1ccc2c(c1)C1CCC2C1. The highest BCUT2D eigenvalue weighted by Crippen LogP contribution is 2.53. The zero-order chi connectivity index (χ0) is 20.8. The third kappa shape index (κ3) is 3.16. The van der Waals surface area contributed by atoms with Crippen LogP contribution in [0.2, 0.25) is 0 Å². The Kier molecular flexibility index (Phi) is 4.42. The van der Waals surface area contributed by atoms with Crippen LogP contribution in [0.4, 0.5) is 17.1 Å². The van der Waals surface area contributed by atoms with Crippen molar-refractivity contribution < 1.29 is 0 Å². The summed E-state index contributed by atoms with van der Waals surface area (Å²) in [6.45, 7) is 2.23. The minimum atomic E-state index is 0.786. The van der Waals surface area contributed by atoms with Crippen LogP contribution in [0.15, 0.2) is 97.1 Å². The molecular formula is C30H27N. The molecule has 152 valence electrons. The number of para-hydroxylation sites is 2. The Hall–Kier alpha value is -3.32. The largest absolute Gasteiger partial charge is 0.310 e. The van der Waals surface area contributed by atoms with E-state index in [1.54, 1.807) is 11.1 Å². The highest BCUT2D eigenvalue weighted by Gasteiger charge is 2.36. The van der Waals surface area contributed by atoms with Crippen LogP contribution in [0.3, 0.4) is 0 Å². The number of hydrogen-bond donors (Lipinski definition) is 0. The van der Waals surface area contributed by atoms with Crippen LogP contribution >= 0.6 is 0 Å². The number of rotatable bonds is 4. The molecule has 2 aliphatic carbocycles. The van der Waals surface area contributed by atoms with Gasteiger partial charge in [0.25, 0.3) is 0 Å². The molecule has 0 saturated heterocycles. The molecule has 1 heteroatoms. The quantitative estimate of drug-likeness (QED) is 0.331. The summed E-state index contributed by atoms with van der Waals surface area (Å²) in [6.07, 6.45) is 4.12. The minimum absolute atomic E-state index is 0.786. The molecule has 1 nitrogen and oxygen atoms in total. The molecule has 0 spiro atoms. The van der Waals surface area contributed by atoms with Gasteiger partial charge in [-0.15, -0.1) is 0 Å². The first-order valence-electron chi connectivity index (χ1n) is 11.4. The second kappa shape index (κ2) is 7.42. The summed E-state index contributed by atoms with van der Waals surface area (Å²) in [4.78, 5) is 2.35. The predicted octanol–water partition coefficient (Wildman–Crippen LogP) is 8.50. The number of fused-ring (bicyclic) bond motifs is 5. The molecule has 1 saturated carbocycles. The smallest absolute Gasteiger partial charge is 0.0467 e. The normalized spacial score (nSPS) is 18.7. The van der Waals surface area contributed by atoms with Crippen LogP contribution in [0.1, 0.15) is 47.8 Å². The van der Waals surface area contributed by atoms with Gasteiger partial charge in [0.15, 0.2) is 0 Å². The molecule has 0 N–H and O–H groups in total. The lowest BCUT2D eigenvalue weighted by Gasteiger charge is -2.26. The lowest BCUT2D eigenvalue weighted by atomic mass is 9.88. The molecular weight excluding hydrogens is 374 g/mol. The average molecular weight is 402 g/mol. The second-order valence-corrected chi connectivity index (χ2v) is 9.06. The summed E-state index contributed by atoms with van der Waals surface area (Å²) >= 11 is 0. The summed E-state index contributed by atoms with van der Waals surface area (Å²) in [5.41, 5.74) is 10.8. The van der Waals surface area contributed by atoms with Crippen LogP contribution in [-0.4, -0.2) is 0 Å². The molecule has 0 amide bonds. The van der Waals surface area contributed by atoms with Gasteiger partial charge in [-0.1, -0.05) is 60.7 Å². The van der Waals surface area contributed by atoms with Gasteiger partial charge in [0.2, 0.25) is 0 Å². The molecule has 31 heavy (non-hydrogen) atoms. The minimum Gasteiger partial charge on any atom is -0.310 e. The molecule has 2 atom stereocenters. The van der Waals surface area contributed by atoms with Crippen molar-refractivity contribution >= 4 is 17.1 Å². The monoisotopic (exact) mass is 401 g/mol. The van der Waals surface area contributed by atoms with Gasteiger partial charge in [-0.2, -0.15) is 0 Å². The summed E-state index contributed by atoms with van der Waals surface area (Å²) < 4.78 is 0. The molecule has 6 rings (SSSR count). The second-order valence-electron chi connectivity index (χ2n) is 9.06. The van der Waals surface area contributed by atoms with E-state index in [0.29, 0.717) is 0 Å². The van der Waals surface area contributed by atoms with Crippen molar-refractivity contribution in [3.05, 3.63) is 114 Å². The van der Waals surface area contributed by atoms with E-state index in [1.165, 1.54) is 53.0 Å². The maximum atomic E-state index is 2.49. The Morgan fingerprint density at radius 2 is 1.26 bits per heavy atom. The van der Waals surface area contributed by atoms with Crippen LogP contribution < -0.4 is 4.90 Å². The van der Waals surface area contributed by atoms with Gasteiger partial charge in [0.1, 0.15) is 0 Å². The van der Waals surface area contributed by atoms with Crippen LogP contribution in [0.5, 0.6) is 0 Å². The van der Waals surface area contributed by atoms with Crippen molar-refractivity contribution in [2.75, 3.05) is 4.90 Å². The Bertz CT molecular complexity index is 1190. The maximum absolute atomic E-state index is 2.49. The van der Waals surface area contributed by atoms with Gasteiger partial charge in [-0.05, 0) is 102 Å². The fourth-order valence-electron chi connectivity index (χ4n) is 5.68. The van der Waals surface area contributed by atoms with Crippen molar-refractivity contribution in [1.82, 2.24) is 0 Å². The third-order valence-corrected chi connectivity index (χ3v) is 7.22. The first-order valence-corrected chi connectivity index (χ1v) is 11.4. The molecule has 0 aliphatic heterocycles. The van der Waals surface area contributed by atoms with E-state index in [4.69, 9.17) is 0 Å². The summed E-state index contributed by atoms with van der Waals surface area (Å²) in [5.74, 6) is 1.60. The molecule has 4 aromatic carbocycles. The zero-order valence-corrected chi connectivity index (χ0v) is 18.0. The first-order chi connectivity index (χ1) is 15.3. The van der Waals surface area contributed by atoms with Gasteiger partial charge in [-0.25, -0.2) is 0 Å². The van der Waals surface area contributed by atoms with Gasteiger partial charge < -0.3 is 4.90 Å². The van der Waals surface area contributed by atoms with E-state index < -0.39 is 0 Å². The molecule has 1 fully saturated rings. The van der Waals surface area contributed by atoms with Crippen molar-refractivity contribution in [2.24, 2.45) is 0 Å². The van der Waals surface area contributed by atoms with E-state index in [9.17, 15) is 0 Å². The Morgan fingerprint density at radius 1 is 0.613 bits per heavy atom. The number of hydrogen-bond acceptors (Lipinski definition) is 1. The Balaban J connectivity index is 1.47. The molecule has 0 heterocycles. The molecule has 0 radical (unpaired) electrons. The molecule has 2 bridgehead atoms. The fraction of sp³-hybridized carbons (Fsp3) is 0.200. The number of nitrogens with zero attached hydrogens (tertiary/aromatic N) is 1. The van der Waals surface area contributed by atoms with Gasteiger partial charge in [-0.3, -0.25) is 0 Å². The standard InChI is InChI=1S/C30H27N/c1-21-12-16-27(31(25-8-4-2-5-9-25)26-10-6-3-7-11-26)20-29(21)24-15-17-28-22-13-14-23(18-22)30(28)19-24/h2-12,15-17,19-20,22-23H,13-14,18H2,1H3. The molecule has 2 unspecified atom stereocenters. The van der Waals surface area contributed by atoms with Crippen LogP contribution in [0, 0.1) is 6.92 Å². The van der Waals surface area contributed by atoms with E-state index in [-0.39, 0.29) is 0 Å². The third-order valence-electron chi connectivity index (χ3n) is 7.22. The Labute approximate surface area is 185 Å². The molecule has 0 aromatic heterocycles. The van der Waals surface area contributed by atoms with E-state index in [0.717, 1.165) is 11.8 Å². The maximum Gasteiger partial charge on any atom is 0.0467 e. The predicted molar refractivity (Wildman–Crippen MR) is 131 cm³/mol. The van der Waals surface area contributed by atoms with Gasteiger partial charge in [0, 0.05) is 17.1 Å². The lowest BCUT2D eigenvalue weighted by molar-refractivity contribution is 0.718. The van der Waals surface area contributed by atoms with E-state index in [1.807, 2.05) is 0 Å². The Morgan fingerprint density at radius 3 is 1.94 bits per heavy atom.